The van der Waals surface area contributed by atoms with Gasteiger partial charge in [-0.2, -0.15) is 5.10 Å². The van der Waals surface area contributed by atoms with Gasteiger partial charge < -0.3 is 4.90 Å². The highest BCUT2D eigenvalue weighted by Gasteiger charge is 2.19. The maximum atomic E-state index is 4.46. The van der Waals surface area contributed by atoms with Gasteiger partial charge in [0.2, 0.25) is 0 Å². The van der Waals surface area contributed by atoms with Gasteiger partial charge in [0, 0.05) is 19.3 Å². The standard InChI is InChI=1S/C12H21N3/c1-3-11-9-13-15(10-11)12-5-7-14(4-2)8-6-12/h9-10,12H,3-8H2,1-2H3. The predicted octanol–water partition coefficient (Wildman–Crippen LogP) is 2.10. The SMILES string of the molecule is CCc1cnn(C2CCN(CC)CC2)c1. The molecule has 0 atom stereocenters. The molecular formula is C12H21N3. The monoisotopic (exact) mass is 207 g/mol. The Kier molecular flexibility index (Phi) is 3.41. The number of rotatable bonds is 3. The van der Waals surface area contributed by atoms with E-state index in [4.69, 9.17) is 0 Å². The van der Waals surface area contributed by atoms with E-state index in [1.165, 1.54) is 38.0 Å². The molecule has 1 fully saturated rings. The Hall–Kier alpha value is -0.830. The average Bonchev–Trinajstić information content (AvgIpc) is 2.78. The highest BCUT2D eigenvalue weighted by molar-refractivity contribution is 5.03. The highest BCUT2D eigenvalue weighted by Crippen LogP contribution is 2.21. The largest absolute Gasteiger partial charge is 0.303 e. The molecule has 0 amide bonds. The number of hydrogen-bond acceptors (Lipinski definition) is 2. The van der Waals surface area contributed by atoms with Gasteiger partial charge in [-0.3, -0.25) is 4.68 Å². The van der Waals surface area contributed by atoms with Gasteiger partial charge in [0.1, 0.15) is 0 Å². The summed E-state index contributed by atoms with van der Waals surface area (Å²) < 4.78 is 2.17. The number of aryl methyl sites for hydroxylation is 1. The van der Waals surface area contributed by atoms with Crippen LogP contribution in [0.4, 0.5) is 0 Å². The van der Waals surface area contributed by atoms with E-state index >= 15 is 0 Å². The molecule has 15 heavy (non-hydrogen) atoms. The second-order valence-corrected chi connectivity index (χ2v) is 4.35. The van der Waals surface area contributed by atoms with Gasteiger partial charge in [-0.1, -0.05) is 13.8 Å². The van der Waals surface area contributed by atoms with Gasteiger partial charge in [-0.25, -0.2) is 0 Å². The summed E-state index contributed by atoms with van der Waals surface area (Å²) in [5, 5.41) is 4.46. The summed E-state index contributed by atoms with van der Waals surface area (Å²) in [6.45, 7) is 8.06. The van der Waals surface area contributed by atoms with Gasteiger partial charge in [-0.15, -0.1) is 0 Å². The maximum absolute atomic E-state index is 4.46. The Bertz CT molecular complexity index is 298. The number of aromatic nitrogens is 2. The predicted molar refractivity (Wildman–Crippen MR) is 62.0 cm³/mol. The Morgan fingerprint density at radius 3 is 2.60 bits per heavy atom. The number of likely N-dealkylation sites (tertiary alicyclic amines) is 1. The molecule has 3 nitrogen and oxygen atoms in total. The fraction of sp³-hybridized carbons (Fsp3) is 0.750. The van der Waals surface area contributed by atoms with Crippen LogP contribution in [0.2, 0.25) is 0 Å². The molecule has 0 aliphatic carbocycles. The number of hydrogen-bond donors (Lipinski definition) is 0. The Morgan fingerprint density at radius 1 is 1.33 bits per heavy atom. The van der Waals surface area contributed by atoms with Crippen molar-refractivity contribution < 1.29 is 0 Å². The van der Waals surface area contributed by atoms with Crippen LogP contribution in [0.15, 0.2) is 12.4 Å². The van der Waals surface area contributed by atoms with Crippen molar-refractivity contribution in [2.45, 2.75) is 39.2 Å². The van der Waals surface area contributed by atoms with Crippen molar-refractivity contribution in [3.8, 4) is 0 Å². The summed E-state index contributed by atoms with van der Waals surface area (Å²) in [6.07, 6.45) is 7.81. The lowest BCUT2D eigenvalue weighted by molar-refractivity contribution is 0.187. The van der Waals surface area contributed by atoms with Crippen molar-refractivity contribution >= 4 is 0 Å². The molecule has 0 aromatic carbocycles. The summed E-state index contributed by atoms with van der Waals surface area (Å²) in [4.78, 5) is 2.51. The van der Waals surface area contributed by atoms with E-state index in [1.807, 2.05) is 6.20 Å². The van der Waals surface area contributed by atoms with E-state index in [1.54, 1.807) is 0 Å². The quantitative estimate of drug-likeness (QED) is 0.757. The Labute approximate surface area is 92.1 Å². The molecule has 1 aliphatic rings. The van der Waals surface area contributed by atoms with Crippen molar-refractivity contribution in [1.82, 2.24) is 14.7 Å². The minimum Gasteiger partial charge on any atom is -0.303 e. The van der Waals surface area contributed by atoms with E-state index in [0.717, 1.165) is 6.42 Å². The lowest BCUT2D eigenvalue weighted by atomic mass is 10.1. The zero-order valence-electron chi connectivity index (χ0n) is 9.82. The summed E-state index contributed by atoms with van der Waals surface area (Å²) in [5.41, 5.74) is 1.35. The number of nitrogens with zero attached hydrogens (tertiary/aromatic N) is 3. The first-order valence-electron chi connectivity index (χ1n) is 6.08. The normalized spacial score (nSPS) is 19.6. The van der Waals surface area contributed by atoms with Crippen molar-refractivity contribution in [2.24, 2.45) is 0 Å². The van der Waals surface area contributed by atoms with Gasteiger partial charge in [0.15, 0.2) is 0 Å². The third-order valence-electron chi connectivity index (χ3n) is 3.44. The van der Waals surface area contributed by atoms with E-state index < -0.39 is 0 Å². The van der Waals surface area contributed by atoms with Crippen LogP contribution in [0, 0.1) is 0 Å². The fourth-order valence-electron chi connectivity index (χ4n) is 2.26. The molecule has 0 saturated carbocycles. The van der Waals surface area contributed by atoms with Gasteiger partial charge >= 0.3 is 0 Å². The van der Waals surface area contributed by atoms with Gasteiger partial charge in [0.05, 0.1) is 12.2 Å². The molecule has 1 aromatic rings. The van der Waals surface area contributed by atoms with Crippen LogP contribution in [-0.2, 0) is 6.42 Å². The van der Waals surface area contributed by atoms with Crippen LogP contribution < -0.4 is 0 Å². The summed E-state index contributed by atoms with van der Waals surface area (Å²) in [5.74, 6) is 0. The van der Waals surface area contributed by atoms with E-state index in [-0.39, 0.29) is 0 Å². The molecule has 3 heteroatoms. The lowest BCUT2D eigenvalue weighted by Gasteiger charge is -2.31. The first-order valence-corrected chi connectivity index (χ1v) is 6.08. The average molecular weight is 207 g/mol. The highest BCUT2D eigenvalue weighted by atomic mass is 15.3. The third-order valence-corrected chi connectivity index (χ3v) is 3.44. The topological polar surface area (TPSA) is 21.1 Å². The van der Waals surface area contributed by atoms with Crippen LogP contribution in [0.5, 0.6) is 0 Å². The minimum absolute atomic E-state index is 0.632. The zero-order valence-corrected chi connectivity index (χ0v) is 9.82. The smallest absolute Gasteiger partial charge is 0.0543 e. The molecule has 0 N–H and O–H groups in total. The molecular weight excluding hydrogens is 186 g/mol. The first kappa shape index (κ1) is 10.7. The molecule has 2 rings (SSSR count). The molecule has 0 unspecified atom stereocenters. The molecule has 2 heterocycles. The van der Waals surface area contributed by atoms with Gasteiger partial charge in [0.25, 0.3) is 0 Å². The summed E-state index contributed by atoms with van der Waals surface area (Å²) in [7, 11) is 0. The Morgan fingerprint density at radius 2 is 2.07 bits per heavy atom. The molecule has 0 radical (unpaired) electrons. The minimum atomic E-state index is 0.632. The molecule has 0 bridgehead atoms. The first-order chi connectivity index (χ1) is 7.33. The number of piperidine rings is 1. The Balaban J connectivity index is 1.95. The van der Waals surface area contributed by atoms with E-state index in [0.29, 0.717) is 6.04 Å². The van der Waals surface area contributed by atoms with Crippen molar-refractivity contribution in [1.29, 1.82) is 0 Å². The molecule has 0 spiro atoms. The fourth-order valence-corrected chi connectivity index (χ4v) is 2.26. The molecule has 1 saturated heterocycles. The second-order valence-electron chi connectivity index (χ2n) is 4.35. The molecule has 1 aliphatic heterocycles. The zero-order chi connectivity index (χ0) is 10.7. The van der Waals surface area contributed by atoms with Crippen molar-refractivity contribution in [2.75, 3.05) is 19.6 Å². The van der Waals surface area contributed by atoms with Crippen LogP contribution in [0.25, 0.3) is 0 Å². The third kappa shape index (κ3) is 2.40. The maximum Gasteiger partial charge on any atom is 0.0543 e. The van der Waals surface area contributed by atoms with Crippen LogP contribution >= 0.6 is 0 Å². The van der Waals surface area contributed by atoms with Crippen LogP contribution in [-0.4, -0.2) is 34.3 Å². The molecule has 84 valence electrons. The summed E-state index contributed by atoms with van der Waals surface area (Å²) >= 11 is 0. The van der Waals surface area contributed by atoms with Crippen molar-refractivity contribution in [3.05, 3.63) is 18.0 Å². The van der Waals surface area contributed by atoms with Crippen molar-refractivity contribution in [3.63, 3.8) is 0 Å². The van der Waals surface area contributed by atoms with Crippen LogP contribution in [0.1, 0.15) is 38.3 Å². The van der Waals surface area contributed by atoms with E-state index in [9.17, 15) is 0 Å². The molecule has 1 aromatic heterocycles. The summed E-state index contributed by atoms with van der Waals surface area (Å²) in [6, 6.07) is 0.632. The van der Waals surface area contributed by atoms with Crippen LogP contribution in [0.3, 0.4) is 0 Å². The lowest BCUT2D eigenvalue weighted by Crippen LogP contribution is -2.34. The van der Waals surface area contributed by atoms with Gasteiger partial charge in [-0.05, 0) is 31.4 Å². The second kappa shape index (κ2) is 4.79. The van der Waals surface area contributed by atoms with E-state index in [2.05, 4.69) is 34.7 Å².